The maximum Gasteiger partial charge on any atom is 0.416 e. The summed E-state index contributed by atoms with van der Waals surface area (Å²) in [7, 11) is 0. The molecule has 184 valence electrons. The maximum absolute atomic E-state index is 13.2. The minimum absolute atomic E-state index is 0.0618. The molecule has 0 bridgehead atoms. The van der Waals surface area contributed by atoms with E-state index in [1.54, 1.807) is 13.0 Å². The first-order valence-electron chi connectivity index (χ1n) is 11.1. The van der Waals surface area contributed by atoms with Gasteiger partial charge in [-0.3, -0.25) is 14.9 Å². The predicted molar refractivity (Wildman–Crippen MR) is 122 cm³/mol. The van der Waals surface area contributed by atoms with Gasteiger partial charge >= 0.3 is 12.1 Å². The number of hydrogen-bond acceptors (Lipinski definition) is 6. The molecule has 2 aromatic carbocycles. The number of ether oxygens (including phenoxy) is 1. The van der Waals surface area contributed by atoms with E-state index in [9.17, 15) is 28.1 Å². The molecule has 2 heterocycles. The molecule has 0 spiro atoms. The molecular formula is C25H19F3N4O4. The summed E-state index contributed by atoms with van der Waals surface area (Å²) in [6, 6.07) is 13.4. The van der Waals surface area contributed by atoms with Gasteiger partial charge in [0, 0.05) is 18.2 Å². The number of nitro benzene ring substituents is 1. The zero-order valence-electron chi connectivity index (χ0n) is 18.9. The van der Waals surface area contributed by atoms with Gasteiger partial charge in [-0.2, -0.15) is 18.3 Å². The van der Waals surface area contributed by atoms with Crippen LogP contribution in [0.25, 0.3) is 16.8 Å². The van der Waals surface area contributed by atoms with Gasteiger partial charge in [0.15, 0.2) is 5.65 Å². The first-order valence-corrected chi connectivity index (χ1v) is 11.1. The number of alkyl halides is 3. The number of carbonyl (C=O) groups excluding carboxylic acids is 1. The topological polar surface area (TPSA) is 99.6 Å². The summed E-state index contributed by atoms with van der Waals surface area (Å²) in [6.45, 7) is 1.89. The number of aromatic nitrogens is 3. The van der Waals surface area contributed by atoms with E-state index < -0.39 is 33.7 Å². The van der Waals surface area contributed by atoms with Crippen LogP contribution < -0.4 is 0 Å². The molecule has 0 N–H and O–H groups in total. The Morgan fingerprint density at radius 3 is 2.61 bits per heavy atom. The largest absolute Gasteiger partial charge is 0.465 e. The highest BCUT2D eigenvalue weighted by Gasteiger charge is 2.64. The van der Waals surface area contributed by atoms with E-state index in [1.165, 1.54) is 16.9 Å². The molecular weight excluding hydrogens is 477 g/mol. The first-order chi connectivity index (χ1) is 17.2. The van der Waals surface area contributed by atoms with Gasteiger partial charge in [-0.15, -0.1) is 0 Å². The van der Waals surface area contributed by atoms with E-state index in [2.05, 4.69) is 10.1 Å². The van der Waals surface area contributed by atoms with Gasteiger partial charge in [0.2, 0.25) is 0 Å². The normalized spacial score (nSPS) is 19.3. The van der Waals surface area contributed by atoms with Gasteiger partial charge in [0.25, 0.3) is 5.69 Å². The van der Waals surface area contributed by atoms with Gasteiger partial charge in [-0.25, -0.2) is 9.50 Å². The molecule has 1 fully saturated rings. The lowest BCUT2D eigenvalue weighted by atomic mass is 9.95. The molecule has 8 nitrogen and oxygen atoms in total. The Kier molecular flexibility index (Phi) is 5.50. The van der Waals surface area contributed by atoms with E-state index >= 15 is 0 Å². The smallest absolute Gasteiger partial charge is 0.416 e. The average molecular weight is 496 g/mol. The SMILES string of the molecule is CCOC(=O)[C@]1(c2ccnc3c(-c4ccc(C(F)(F)F)cc4[N+](=O)[O-])cnn23)C[C@H]1c1ccccc1. The Hall–Kier alpha value is -4.28. The molecule has 4 aromatic rings. The standard InChI is InChI=1S/C25H19F3N4O4/c1-2-36-23(33)24(13-19(24)15-6-4-3-5-7-15)21-10-11-29-22-18(14-30-31(21)22)17-9-8-16(25(26,27)28)12-20(17)32(34)35/h3-12,14,19H,2,13H2,1H3/t19-,24+/m0/s1. The fourth-order valence-corrected chi connectivity index (χ4v) is 4.73. The Morgan fingerprint density at radius 2 is 1.94 bits per heavy atom. The number of halogens is 3. The molecule has 0 aliphatic heterocycles. The highest BCUT2D eigenvalue weighted by molar-refractivity contribution is 5.90. The lowest BCUT2D eigenvalue weighted by Gasteiger charge is -2.18. The number of rotatable bonds is 6. The quantitative estimate of drug-likeness (QED) is 0.204. The second-order valence-corrected chi connectivity index (χ2v) is 8.47. The maximum atomic E-state index is 13.2. The van der Waals surface area contributed by atoms with Crippen LogP contribution in [0.3, 0.4) is 0 Å². The van der Waals surface area contributed by atoms with Gasteiger partial charge in [-0.05, 0) is 37.1 Å². The van der Waals surface area contributed by atoms with Crippen LogP contribution in [0.15, 0.2) is 67.0 Å². The van der Waals surface area contributed by atoms with E-state index in [-0.39, 0.29) is 29.3 Å². The van der Waals surface area contributed by atoms with Crippen LogP contribution in [0.5, 0.6) is 0 Å². The van der Waals surface area contributed by atoms with Gasteiger partial charge in [0.05, 0.1) is 40.1 Å². The van der Waals surface area contributed by atoms with Crippen LogP contribution in [0.1, 0.15) is 36.1 Å². The summed E-state index contributed by atoms with van der Waals surface area (Å²) in [5.74, 6) is -0.611. The van der Waals surface area contributed by atoms with Crippen LogP contribution in [-0.2, 0) is 21.1 Å². The molecule has 0 unspecified atom stereocenters. The fourth-order valence-electron chi connectivity index (χ4n) is 4.73. The first kappa shape index (κ1) is 23.5. The number of fused-ring (bicyclic) bond motifs is 1. The molecule has 5 rings (SSSR count). The monoisotopic (exact) mass is 496 g/mol. The number of nitro groups is 1. The summed E-state index contributed by atoms with van der Waals surface area (Å²) in [5.41, 5.74) is -1.18. The zero-order chi connectivity index (χ0) is 25.7. The van der Waals surface area contributed by atoms with Crippen LogP contribution in [0.4, 0.5) is 18.9 Å². The number of nitrogens with zero attached hydrogens (tertiary/aromatic N) is 4. The fraction of sp³-hybridized carbons (Fsp3) is 0.240. The van der Waals surface area contributed by atoms with Crippen LogP contribution in [0, 0.1) is 10.1 Å². The molecule has 0 radical (unpaired) electrons. The van der Waals surface area contributed by atoms with Crippen molar-refractivity contribution in [3.05, 3.63) is 93.9 Å². The summed E-state index contributed by atoms with van der Waals surface area (Å²) in [5, 5.41) is 16.0. The summed E-state index contributed by atoms with van der Waals surface area (Å²) in [6.07, 6.45) is -1.52. The van der Waals surface area contributed by atoms with Crippen molar-refractivity contribution in [2.75, 3.05) is 6.61 Å². The minimum atomic E-state index is -4.74. The Morgan fingerprint density at radius 1 is 1.19 bits per heavy atom. The van der Waals surface area contributed by atoms with Crippen molar-refractivity contribution in [3.8, 4) is 11.1 Å². The lowest BCUT2D eigenvalue weighted by molar-refractivity contribution is -0.384. The third-order valence-electron chi connectivity index (χ3n) is 6.47. The highest BCUT2D eigenvalue weighted by atomic mass is 19.4. The summed E-state index contributed by atoms with van der Waals surface area (Å²) >= 11 is 0. The van der Waals surface area contributed by atoms with Crippen LogP contribution in [0.2, 0.25) is 0 Å². The molecule has 0 saturated heterocycles. The second-order valence-electron chi connectivity index (χ2n) is 8.47. The van der Waals surface area contributed by atoms with Crippen LogP contribution >= 0.6 is 0 Å². The van der Waals surface area contributed by atoms with Crippen molar-refractivity contribution in [2.24, 2.45) is 0 Å². The van der Waals surface area contributed by atoms with Crippen molar-refractivity contribution in [3.63, 3.8) is 0 Å². The molecule has 2 atom stereocenters. The predicted octanol–water partition coefficient (Wildman–Crippen LogP) is 5.31. The van der Waals surface area contributed by atoms with Gasteiger partial charge in [-0.1, -0.05) is 30.3 Å². The van der Waals surface area contributed by atoms with Crippen molar-refractivity contribution >= 4 is 17.3 Å². The number of hydrogen-bond donors (Lipinski definition) is 0. The molecule has 1 aliphatic carbocycles. The Labute approximate surface area is 202 Å². The Bertz CT molecular complexity index is 1490. The number of benzene rings is 2. The molecule has 1 saturated carbocycles. The molecule has 36 heavy (non-hydrogen) atoms. The second kappa shape index (κ2) is 8.43. The molecule has 2 aromatic heterocycles. The third kappa shape index (κ3) is 3.67. The summed E-state index contributed by atoms with van der Waals surface area (Å²) in [4.78, 5) is 28.3. The van der Waals surface area contributed by atoms with Crippen LogP contribution in [-0.4, -0.2) is 32.1 Å². The summed E-state index contributed by atoms with van der Waals surface area (Å²) < 4.78 is 46.3. The van der Waals surface area contributed by atoms with E-state index in [4.69, 9.17) is 4.74 Å². The Balaban J connectivity index is 1.67. The average Bonchev–Trinajstić information content (AvgIpc) is 3.48. The van der Waals surface area contributed by atoms with Crippen molar-refractivity contribution < 1.29 is 27.6 Å². The van der Waals surface area contributed by atoms with E-state index in [0.717, 1.165) is 17.7 Å². The molecule has 11 heteroatoms. The minimum Gasteiger partial charge on any atom is -0.465 e. The highest BCUT2D eigenvalue weighted by Crippen LogP contribution is 2.61. The lowest BCUT2D eigenvalue weighted by Crippen LogP contribution is -2.28. The van der Waals surface area contributed by atoms with Gasteiger partial charge in [0.1, 0.15) is 5.41 Å². The molecule has 0 amide bonds. The number of esters is 1. The number of carbonyl (C=O) groups is 1. The zero-order valence-corrected chi connectivity index (χ0v) is 18.9. The van der Waals surface area contributed by atoms with Crippen molar-refractivity contribution in [1.82, 2.24) is 14.6 Å². The van der Waals surface area contributed by atoms with Gasteiger partial charge < -0.3 is 4.74 Å². The molecule has 1 aliphatic rings. The van der Waals surface area contributed by atoms with E-state index in [0.29, 0.717) is 18.2 Å². The van der Waals surface area contributed by atoms with E-state index in [1.807, 2.05) is 30.3 Å². The van der Waals surface area contributed by atoms with Crippen molar-refractivity contribution in [2.45, 2.75) is 30.9 Å². The third-order valence-corrected chi connectivity index (χ3v) is 6.47. The van der Waals surface area contributed by atoms with Crippen molar-refractivity contribution in [1.29, 1.82) is 0 Å².